The van der Waals surface area contributed by atoms with Gasteiger partial charge in [0.15, 0.2) is 0 Å². The topological polar surface area (TPSA) is 96.2 Å². The smallest absolute Gasteiger partial charge is 0.314 e. The van der Waals surface area contributed by atoms with E-state index in [0.717, 1.165) is 5.69 Å². The van der Waals surface area contributed by atoms with Crippen LogP contribution in [0.2, 0.25) is 0 Å². The van der Waals surface area contributed by atoms with Crippen LogP contribution in [0.3, 0.4) is 0 Å². The number of urea groups is 1. The summed E-state index contributed by atoms with van der Waals surface area (Å²) in [5.74, 6) is -0.832. The molecule has 0 radical (unpaired) electrons. The van der Waals surface area contributed by atoms with Crippen molar-refractivity contribution in [3.8, 4) is 0 Å². The summed E-state index contributed by atoms with van der Waals surface area (Å²) in [5.41, 5.74) is 0.185. The molecular weight excluding hydrogens is 248 g/mol. The predicted octanol–water partition coefficient (Wildman–Crippen LogP) is 0.127. The lowest BCUT2D eigenvalue weighted by Crippen LogP contribution is -2.41. The van der Waals surface area contributed by atoms with Crippen LogP contribution in [0.15, 0.2) is 12.3 Å². The molecule has 0 aliphatic heterocycles. The monoisotopic (exact) mass is 266 g/mol. The molecule has 1 heterocycles. The molecule has 1 aromatic heterocycles. The zero-order chi connectivity index (χ0) is 13.9. The fourth-order valence-corrected chi connectivity index (χ4v) is 1.83. The van der Waals surface area contributed by atoms with Gasteiger partial charge in [-0.15, -0.1) is 0 Å². The average Bonchev–Trinajstić information content (AvgIpc) is 3.05. The number of carbonyl (C=O) groups excluding carboxylic acids is 1. The van der Waals surface area contributed by atoms with Crippen LogP contribution in [0.25, 0.3) is 0 Å². The minimum absolute atomic E-state index is 0.192. The van der Waals surface area contributed by atoms with Crippen molar-refractivity contribution in [2.24, 2.45) is 12.5 Å². The van der Waals surface area contributed by atoms with Gasteiger partial charge < -0.3 is 15.7 Å². The molecule has 0 atom stereocenters. The van der Waals surface area contributed by atoms with Gasteiger partial charge in [-0.3, -0.25) is 9.48 Å². The van der Waals surface area contributed by atoms with E-state index in [1.54, 1.807) is 4.68 Å². The van der Waals surface area contributed by atoms with Crippen molar-refractivity contribution in [2.45, 2.75) is 19.3 Å². The molecule has 0 saturated heterocycles. The van der Waals surface area contributed by atoms with E-state index >= 15 is 0 Å². The van der Waals surface area contributed by atoms with Crippen LogP contribution in [-0.2, 0) is 18.3 Å². The third kappa shape index (κ3) is 3.46. The summed E-state index contributed by atoms with van der Waals surface area (Å²) in [6.07, 6.45) is 3.77. The zero-order valence-electron chi connectivity index (χ0n) is 10.8. The van der Waals surface area contributed by atoms with Crippen molar-refractivity contribution in [3.63, 3.8) is 0 Å². The quantitative estimate of drug-likeness (QED) is 0.681. The molecule has 7 nitrogen and oxygen atoms in total. The number of hydrogen-bond acceptors (Lipinski definition) is 3. The van der Waals surface area contributed by atoms with Gasteiger partial charge in [0.05, 0.1) is 11.1 Å². The highest BCUT2D eigenvalue weighted by atomic mass is 16.4. The van der Waals surface area contributed by atoms with Crippen LogP contribution in [0, 0.1) is 5.41 Å². The van der Waals surface area contributed by atoms with E-state index in [9.17, 15) is 9.59 Å². The highest BCUT2D eigenvalue weighted by Crippen LogP contribution is 2.45. The first-order chi connectivity index (χ1) is 9.02. The first-order valence-electron chi connectivity index (χ1n) is 6.25. The van der Waals surface area contributed by atoms with Gasteiger partial charge in [0.25, 0.3) is 0 Å². The van der Waals surface area contributed by atoms with Crippen LogP contribution in [0.5, 0.6) is 0 Å². The minimum atomic E-state index is -0.832. The van der Waals surface area contributed by atoms with Crippen molar-refractivity contribution in [3.05, 3.63) is 18.0 Å². The Hall–Kier alpha value is -2.05. The number of nitrogens with zero attached hydrogens (tertiary/aromatic N) is 2. The zero-order valence-corrected chi connectivity index (χ0v) is 10.8. The molecule has 1 aromatic rings. The van der Waals surface area contributed by atoms with Gasteiger partial charge in [-0.25, -0.2) is 4.79 Å². The van der Waals surface area contributed by atoms with Crippen molar-refractivity contribution >= 4 is 12.0 Å². The fraction of sp³-hybridized carbons (Fsp3) is 0.583. The first-order valence-corrected chi connectivity index (χ1v) is 6.25. The Morgan fingerprint density at radius 2 is 2.21 bits per heavy atom. The van der Waals surface area contributed by atoms with E-state index < -0.39 is 11.4 Å². The van der Waals surface area contributed by atoms with E-state index in [4.69, 9.17) is 5.11 Å². The number of rotatable bonds is 6. The molecular formula is C12H18N4O3. The molecule has 104 valence electrons. The molecule has 2 rings (SSSR count). The SMILES string of the molecule is Cn1ccc(CCNC(=O)NCC2(C(=O)O)CC2)n1. The van der Waals surface area contributed by atoms with Gasteiger partial charge >= 0.3 is 12.0 Å². The molecule has 3 N–H and O–H groups in total. The van der Waals surface area contributed by atoms with E-state index in [1.165, 1.54) is 0 Å². The van der Waals surface area contributed by atoms with Crippen LogP contribution >= 0.6 is 0 Å². The molecule has 19 heavy (non-hydrogen) atoms. The Balaban J connectivity index is 1.64. The highest BCUT2D eigenvalue weighted by Gasteiger charge is 2.50. The van der Waals surface area contributed by atoms with Gasteiger partial charge in [-0.1, -0.05) is 0 Å². The Bertz CT molecular complexity index is 479. The summed E-state index contributed by atoms with van der Waals surface area (Å²) < 4.78 is 1.71. The second kappa shape index (κ2) is 5.29. The third-order valence-corrected chi connectivity index (χ3v) is 3.33. The van der Waals surface area contributed by atoms with Crippen molar-refractivity contribution in [2.75, 3.05) is 13.1 Å². The largest absolute Gasteiger partial charge is 0.481 e. The number of aryl methyl sites for hydroxylation is 1. The standard InChI is InChI=1S/C12H18N4O3/c1-16-7-3-9(15-16)2-6-13-11(19)14-8-12(4-5-12)10(17)18/h3,7H,2,4-6,8H2,1H3,(H,17,18)(H2,13,14,19). The Morgan fingerprint density at radius 3 is 2.74 bits per heavy atom. The van der Waals surface area contributed by atoms with Gasteiger partial charge in [-0.2, -0.15) is 5.10 Å². The van der Waals surface area contributed by atoms with E-state index in [2.05, 4.69) is 15.7 Å². The summed E-state index contributed by atoms with van der Waals surface area (Å²) >= 11 is 0. The maximum atomic E-state index is 11.5. The summed E-state index contributed by atoms with van der Waals surface area (Å²) in [6, 6.07) is 1.56. The van der Waals surface area contributed by atoms with Crippen molar-refractivity contribution < 1.29 is 14.7 Å². The number of nitrogens with one attached hydrogen (secondary N) is 2. The maximum Gasteiger partial charge on any atom is 0.314 e. The van der Waals surface area contributed by atoms with Crippen LogP contribution in [-0.4, -0.2) is 40.0 Å². The van der Waals surface area contributed by atoms with Gasteiger partial charge in [-0.05, 0) is 18.9 Å². The Kier molecular flexibility index (Phi) is 3.73. The summed E-state index contributed by atoms with van der Waals surface area (Å²) in [6.45, 7) is 0.667. The lowest BCUT2D eigenvalue weighted by Gasteiger charge is -2.11. The van der Waals surface area contributed by atoms with Crippen LogP contribution in [0.4, 0.5) is 4.79 Å². The summed E-state index contributed by atoms with van der Waals surface area (Å²) in [5, 5.41) is 18.4. The molecule has 1 saturated carbocycles. The Morgan fingerprint density at radius 1 is 1.47 bits per heavy atom. The summed E-state index contributed by atoms with van der Waals surface area (Å²) in [7, 11) is 1.84. The average molecular weight is 266 g/mol. The van der Waals surface area contributed by atoms with Crippen LogP contribution < -0.4 is 10.6 Å². The van der Waals surface area contributed by atoms with E-state index in [0.29, 0.717) is 25.8 Å². The molecule has 1 aliphatic rings. The molecule has 1 fully saturated rings. The number of hydrogen-bond donors (Lipinski definition) is 3. The number of aromatic nitrogens is 2. The molecule has 0 unspecified atom stereocenters. The van der Waals surface area contributed by atoms with Crippen LogP contribution in [0.1, 0.15) is 18.5 Å². The Labute approximate surface area is 111 Å². The second-order valence-corrected chi connectivity index (χ2v) is 4.93. The van der Waals surface area contributed by atoms with Gasteiger partial charge in [0, 0.05) is 32.8 Å². The van der Waals surface area contributed by atoms with E-state index in [1.807, 2.05) is 19.3 Å². The highest BCUT2D eigenvalue weighted by molar-refractivity contribution is 5.80. The molecule has 0 bridgehead atoms. The lowest BCUT2D eigenvalue weighted by atomic mass is 10.1. The predicted molar refractivity (Wildman–Crippen MR) is 67.6 cm³/mol. The van der Waals surface area contributed by atoms with Crippen molar-refractivity contribution in [1.29, 1.82) is 0 Å². The molecule has 1 aliphatic carbocycles. The minimum Gasteiger partial charge on any atom is -0.481 e. The van der Waals surface area contributed by atoms with E-state index in [-0.39, 0.29) is 12.6 Å². The number of carboxylic acid groups (broad SMARTS) is 1. The molecule has 0 spiro atoms. The first kappa shape index (κ1) is 13.4. The van der Waals surface area contributed by atoms with Gasteiger partial charge in [0.1, 0.15) is 0 Å². The van der Waals surface area contributed by atoms with Gasteiger partial charge in [0.2, 0.25) is 0 Å². The number of carbonyl (C=O) groups is 2. The number of carboxylic acids is 1. The molecule has 2 amide bonds. The third-order valence-electron chi connectivity index (χ3n) is 3.33. The second-order valence-electron chi connectivity index (χ2n) is 4.93. The molecule has 0 aromatic carbocycles. The van der Waals surface area contributed by atoms with Crippen molar-refractivity contribution in [1.82, 2.24) is 20.4 Å². The summed E-state index contributed by atoms with van der Waals surface area (Å²) in [4.78, 5) is 22.4. The number of aliphatic carboxylic acids is 1. The number of amides is 2. The maximum absolute atomic E-state index is 11.5. The normalized spacial score (nSPS) is 15.8. The molecule has 7 heteroatoms. The lowest BCUT2D eigenvalue weighted by molar-refractivity contribution is -0.143. The fourth-order valence-electron chi connectivity index (χ4n) is 1.83.